The third-order valence-electron chi connectivity index (χ3n) is 3.07. The molecule has 0 radical (unpaired) electrons. The van der Waals surface area contributed by atoms with Crippen molar-refractivity contribution in [2.45, 2.75) is 0 Å². The van der Waals surface area contributed by atoms with Gasteiger partial charge in [-0.05, 0) is 30.3 Å². The lowest BCUT2D eigenvalue weighted by atomic mass is 10.1. The second-order valence-corrected chi connectivity index (χ2v) is 5.18. The Bertz CT molecular complexity index is 747. The van der Waals surface area contributed by atoms with Crippen LogP contribution in [0.4, 0.5) is 0 Å². The molecule has 0 N–H and O–H groups in total. The van der Waals surface area contributed by atoms with Gasteiger partial charge in [0.1, 0.15) is 5.01 Å². The van der Waals surface area contributed by atoms with Crippen molar-refractivity contribution in [3.63, 3.8) is 0 Å². The van der Waals surface area contributed by atoms with Gasteiger partial charge in [0.2, 0.25) is 0 Å². The maximum atomic E-state index is 5.33. The third-order valence-corrected chi connectivity index (χ3v) is 3.93. The molecule has 0 fully saturated rings. The van der Waals surface area contributed by atoms with E-state index in [0.717, 1.165) is 22.0 Å². The van der Waals surface area contributed by atoms with Crippen LogP contribution in [-0.4, -0.2) is 24.2 Å². The van der Waals surface area contributed by atoms with Crippen LogP contribution in [0.25, 0.3) is 22.0 Å². The van der Waals surface area contributed by atoms with E-state index in [2.05, 4.69) is 9.97 Å². The van der Waals surface area contributed by atoms with E-state index in [1.807, 2.05) is 41.8 Å². The van der Waals surface area contributed by atoms with Gasteiger partial charge in [-0.3, -0.25) is 4.98 Å². The number of thiazole rings is 1. The predicted octanol–water partition coefficient (Wildman–Crippen LogP) is 4.47. The lowest BCUT2D eigenvalue weighted by Crippen LogP contribution is -1.91. The molecule has 2 heterocycles. The summed E-state index contributed by atoms with van der Waals surface area (Å²) in [7, 11) is 3.25. The third kappa shape index (κ3) is 3.28. The van der Waals surface area contributed by atoms with Crippen LogP contribution in [0.2, 0.25) is 0 Å². The van der Waals surface area contributed by atoms with Gasteiger partial charge in [0.15, 0.2) is 11.5 Å². The Hall–Kier alpha value is -1.92. The first kappa shape index (κ1) is 16.5. The van der Waals surface area contributed by atoms with Crippen molar-refractivity contribution in [1.82, 2.24) is 9.97 Å². The molecule has 0 bridgehead atoms. The molecule has 22 heavy (non-hydrogen) atoms. The van der Waals surface area contributed by atoms with Gasteiger partial charge < -0.3 is 9.47 Å². The maximum Gasteiger partial charge on any atom is 0.161 e. The van der Waals surface area contributed by atoms with Crippen LogP contribution >= 0.6 is 28.3 Å². The standard InChI is InChI=1S/C16H14N2O2S.BrH/c1-19-14-7-6-11(9-15(14)20-2)13-10-21-16(18-13)12-5-3-4-8-17-12;/h3-10H,1-2H3;1H. The van der Waals surface area contributed by atoms with Gasteiger partial charge in [0.25, 0.3) is 0 Å². The first-order valence-electron chi connectivity index (χ1n) is 6.41. The normalized spacial score (nSPS) is 9.91. The molecule has 0 saturated heterocycles. The molecule has 0 saturated carbocycles. The fourth-order valence-corrected chi connectivity index (χ4v) is 2.81. The van der Waals surface area contributed by atoms with Crippen molar-refractivity contribution in [2.24, 2.45) is 0 Å². The molecule has 6 heteroatoms. The van der Waals surface area contributed by atoms with Crippen LogP contribution in [0.3, 0.4) is 0 Å². The second kappa shape index (κ2) is 7.38. The molecular weight excluding hydrogens is 364 g/mol. The van der Waals surface area contributed by atoms with E-state index in [0.29, 0.717) is 11.5 Å². The van der Waals surface area contributed by atoms with Crippen LogP contribution in [0.5, 0.6) is 11.5 Å². The minimum atomic E-state index is 0. The topological polar surface area (TPSA) is 44.2 Å². The highest BCUT2D eigenvalue weighted by Crippen LogP contribution is 2.34. The molecular formula is C16H15BrN2O2S. The first-order chi connectivity index (χ1) is 10.3. The van der Waals surface area contributed by atoms with E-state index < -0.39 is 0 Å². The van der Waals surface area contributed by atoms with Crippen LogP contribution in [-0.2, 0) is 0 Å². The van der Waals surface area contributed by atoms with E-state index in [-0.39, 0.29) is 17.0 Å². The number of nitrogens with zero attached hydrogens (tertiary/aromatic N) is 2. The number of methoxy groups -OCH3 is 2. The summed E-state index contributed by atoms with van der Waals surface area (Å²) in [6, 6.07) is 11.6. The Kier molecular flexibility index (Phi) is 5.51. The van der Waals surface area contributed by atoms with Gasteiger partial charge in [-0.25, -0.2) is 4.98 Å². The minimum Gasteiger partial charge on any atom is -0.493 e. The number of halogens is 1. The number of rotatable bonds is 4. The summed E-state index contributed by atoms with van der Waals surface area (Å²) in [4.78, 5) is 8.96. The molecule has 114 valence electrons. The maximum absolute atomic E-state index is 5.33. The van der Waals surface area contributed by atoms with Gasteiger partial charge in [-0.1, -0.05) is 6.07 Å². The highest BCUT2D eigenvalue weighted by molar-refractivity contribution is 8.93. The van der Waals surface area contributed by atoms with Gasteiger partial charge in [0.05, 0.1) is 25.6 Å². The Morgan fingerprint density at radius 2 is 1.77 bits per heavy atom. The second-order valence-electron chi connectivity index (χ2n) is 4.32. The van der Waals surface area contributed by atoms with Crippen molar-refractivity contribution in [2.75, 3.05) is 14.2 Å². The Balaban J connectivity index is 0.00000176. The number of hydrogen-bond acceptors (Lipinski definition) is 5. The van der Waals surface area contributed by atoms with Crippen molar-refractivity contribution < 1.29 is 9.47 Å². The number of benzene rings is 1. The molecule has 0 aliphatic rings. The fraction of sp³-hybridized carbons (Fsp3) is 0.125. The van der Waals surface area contributed by atoms with Crippen molar-refractivity contribution in [3.8, 4) is 33.5 Å². The van der Waals surface area contributed by atoms with Gasteiger partial charge in [-0.2, -0.15) is 0 Å². The van der Waals surface area contributed by atoms with Crippen molar-refractivity contribution in [1.29, 1.82) is 0 Å². The number of hydrogen-bond donors (Lipinski definition) is 0. The molecule has 0 aliphatic heterocycles. The highest BCUT2D eigenvalue weighted by Gasteiger charge is 2.10. The Labute approximate surface area is 143 Å². The highest BCUT2D eigenvalue weighted by atomic mass is 79.9. The van der Waals surface area contributed by atoms with Crippen LogP contribution in [0.15, 0.2) is 48.0 Å². The van der Waals surface area contributed by atoms with E-state index in [1.165, 1.54) is 0 Å². The number of pyridine rings is 1. The molecule has 0 atom stereocenters. The van der Waals surface area contributed by atoms with E-state index >= 15 is 0 Å². The van der Waals surface area contributed by atoms with Crippen molar-refractivity contribution >= 4 is 28.3 Å². The Morgan fingerprint density at radius 3 is 2.45 bits per heavy atom. The monoisotopic (exact) mass is 378 g/mol. The molecule has 1 aromatic carbocycles. The largest absolute Gasteiger partial charge is 0.493 e. The summed E-state index contributed by atoms with van der Waals surface area (Å²) in [5, 5.41) is 2.92. The molecule has 0 unspecified atom stereocenters. The van der Waals surface area contributed by atoms with Crippen LogP contribution in [0.1, 0.15) is 0 Å². The molecule has 0 aliphatic carbocycles. The smallest absolute Gasteiger partial charge is 0.161 e. The zero-order valence-electron chi connectivity index (χ0n) is 12.1. The number of aromatic nitrogens is 2. The van der Waals surface area contributed by atoms with Crippen molar-refractivity contribution in [3.05, 3.63) is 48.0 Å². The first-order valence-corrected chi connectivity index (χ1v) is 7.29. The average Bonchev–Trinajstić information content (AvgIpc) is 3.05. The zero-order chi connectivity index (χ0) is 14.7. The Morgan fingerprint density at radius 1 is 0.955 bits per heavy atom. The van der Waals surface area contributed by atoms with Gasteiger partial charge >= 0.3 is 0 Å². The summed E-state index contributed by atoms with van der Waals surface area (Å²) in [6.45, 7) is 0. The molecule has 0 amide bonds. The summed E-state index contributed by atoms with van der Waals surface area (Å²) < 4.78 is 10.6. The molecule has 0 spiro atoms. The molecule has 3 aromatic rings. The molecule has 4 nitrogen and oxygen atoms in total. The van der Waals surface area contributed by atoms with E-state index in [9.17, 15) is 0 Å². The van der Waals surface area contributed by atoms with Crippen LogP contribution in [0, 0.1) is 0 Å². The van der Waals surface area contributed by atoms with E-state index in [4.69, 9.17) is 9.47 Å². The van der Waals surface area contributed by atoms with E-state index in [1.54, 1.807) is 31.8 Å². The lowest BCUT2D eigenvalue weighted by Gasteiger charge is -2.08. The summed E-state index contributed by atoms with van der Waals surface area (Å²) in [5.74, 6) is 1.41. The summed E-state index contributed by atoms with van der Waals surface area (Å²) >= 11 is 1.58. The van der Waals surface area contributed by atoms with Gasteiger partial charge in [-0.15, -0.1) is 28.3 Å². The zero-order valence-corrected chi connectivity index (χ0v) is 14.7. The fourth-order valence-electron chi connectivity index (χ4n) is 2.01. The molecule has 2 aromatic heterocycles. The summed E-state index contributed by atoms with van der Waals surface area (Å²) in [5.41, 5.74) is 2.78. The summed E-state index contributed by atoms with van der Waals surface area (Å²) in [6.07, 6.45) is 1.77. The van der Waals surface area contributed by atoms with Crippen LogP contribution < -0.4 is 9.47 Å². The average molecular weight is 379 g/mol. The predicted molar refractivity (Wildman–Crippen MR) is 94.2 cm³/mol. The quantitative estimate of drug-likeness (QED) is 0.671. The lowest BCUT2D eigenvalue weighted by molar-refractivity contribution is 0.355. The minimum absolute atomic E-state index is 0. The van der Waals surface area contributed by atoms with Gasteiger partial charge in [0, 0.05) is 17.1 Å². The molecule has 3 rings (SSSR count). The number of ether oxygens (including phenoxy) is 2. The SMILES string of the molecule is Br.COc1ccc(-c2csc(-c3ccccn3)n2)cc1OC.